The third-order valence-electron chi connectivity index (χ3n) is 2.13. The molecule has 5 nitrogen and oxygen atoms in total. The Hall–Kier alpha value is -1.62. The summed E-state index contributed by atoms with van der Waals surface area (Å²) < 4.78 is 5.24. The van der Waals surface area contributed by atoms with E-state index in [1.807, 2.05) is 19.1 Å². The Bertz CT molecular complexity index is 445. The van der Waals surface area contributed by atoms with Crippen molar-refractivity contribution >= 4 is 17.6 Å². The standard InChI is InChI=1S/C10H11ClN4O/c1-7(8-2-4-12-5-3-8)13-10-15-14-9(6-11)16-10/h2-5,7H,6H2,1H3,(H,13,15). The normalized spacial score (nSPS) is 12.4. The Morgan fingerprint density at radius 1 is 1.38 bits per heavy atom. The smallest absolute Gasteiger partial charge is 0.315 e. The lowest BCUT2D eigenvalue weighted by atomic mass is 10.1. The van der Waals surface area contributed by atoms with Gasteiger partial charge in [-0.1, -0.05) is 5.10 Å². The van der Waals surface area contributed by atoms with Gasteiger partial charge in [-0.25, -0.2) is 0 Å². The van der Waals surface area contributed by atoms with Crippen LogP contribution < -0.4 is 5.32 Å². The molecular formula is C10H11ClN4O. The van der Waals surface area contributed by atoms with Crippen LogP contribution in [0.3, 0.4) is 0 Å². The van der Waals surface area contributed by atoms with E-state index < -0.39 is 0 Å². The van der Waals surface area contributed by atoms with Crippen LogP contribution in [0, 0.1) is 0 Å². The number of hydrogen-bond donors (Lipinski definition) is 1. The minimum atomic E-state index is 0.0756. The lowest BCUT2D eigenvalue weighted by molar-refractivity contribution is 0.520. The predicted molar refractivity (Wildman–Crippen MR) is 60.1 cm³/mol. The zero-order valence-corrected chi connectivity index (χ0v) is 9.48. The maximum atomic E-state index is 5.56. The van der Waals surface area contributed by atoms with Crippen LogP contribution in [-0.4, -0.2) is 15.2 Å². The number of aromatic nitrogens is 3. The largest absolute Gasteiger partial charge is 0.407 e. The second-order valence-corrected chi connectivity index (χ2v) is 3.55. The Morgan fingerprint density at radius 2 is 2.12 bits per heavy atom. The summed E-state index contributed by atoms with van der Waals surface area (Å²) in [5.74, 6) is 0.629. The van der Waals surface area contributed by atoms with E-state index in [9.17, 15) is 0 Å². The Kier molecular flexibility index (Phi) is 3.36. The van der Waals surface area contributed by atoms with Crippen molar-refractivity contribution in [2.75, 3.05) is 5.32 Å². The number of halogens is 1. The van der Waals surface area contributed by atoms with Crippen LogP contribution >= 0.6 is 11.6 Å². The van der Waals surface area contributed by atoms with E-state index >= 15 is 0 Å². The SMILES string of the molecule is CC(Nc1nnc(CCl)o1)c1ccncc1. The van der Waals surface area contributed by atoms with E-state index in [0.717, 1.165) is 5.56 Å². The topological polar surface area (TPSA) is 63.8 Å². The van der Waals surface area contributed by atoms with Gasteiger partial charge < -0.3 is 9.73 Å². The van der Waals surface area contributed by atoms with E-state index in [0.29, 0.717) is 11.9 Å². The molecule has 0 spiro atoms. The molecule has 0 aliphatic rings. The van der Waals surface area contributed by atoms with Crippen molar-refractivity contribution in [3.63, 3.8) is 0 Å². The molecular weight excluding hydrogens is 228 g/mol. The number of nitrogens with zero attached hydrogens (tertiary/aromatic N) is 3. The zero-order chi connectivity index (χ0) is 11.4. The van der Waals surface area contributed by atoms with Gasteiger partial charge in [0.2, 0.25) is 5.89 Å². The average molecular weight is 239 g/mol. The molecule has 0 fully saturated rings. The molecule has 0 saturated heterocycles. The van der Waals surface area contributed by atoms with Gasteiger partial charge in [0.25, 0.3) is 0 Å². The summed E-state index contributed by atoms with van der Waals surface area (Å²) in [6.07, 6.45) is 3.48. The molecule has 0 aliphatic heterocycles. The third kappa shape index (κ3) is 2.49. The summed E-state index contributed by atoms with van der Waals surface area (Å²) in [5, 5.41) is 10.7. The fourth-order valence-corrected chi connectivity index (χ4v) is 1.39. The Morgan fingerprint density at radius 3 is 2.75 bits per heavy atom. The molecule has 0 bridgehead atoms. The minimum Gasteiger partial charge on any atom is -0.407 e. The third-order valence-corrected chi connectivity index (χ3v) is 2.36. The number of anilines is 1. The highest BCUT2D eigenvalue weighted by Gasteiger charge is 2.09. The fourth-order valence-electron chi connectivity index (χ4n) is 1.29. The summed E-state index contributed by atoms with van der Waals surface area (Å²) >= 11 is 5.56. The van der Waals surface area contributed by atoms with Gasteiger partial charge >= 0.3 is 6.01 Å². The lowest BCUT2D eigenvalue weighted by Crippen LogP contribution is -2.06. The van der Waals surface area contributed by atoms with Crippen molar-refractivity contribution in [2.45, 2.75) is 18.8 Å². The maximum Gasteiger partial charge on any atom is 0.315 e. The summed E-state index contributed by atoms with van der Waals surface area (Å²) in [6.45, 7) is 2.00. The molecule has 1 unspecified atom stereocenters. The number of rotatable bonds is 4. The summed E-state index contributed by atoms with van der Waals surface area (Å²) in [5.41, 5.74) is 1.10. The first-order chi connectivity index (χ1) is 7.79. The molecule has 0 aliphatic carbocycles. The molecule has 16 heavy (non-hydrogen) atoms. The van der Waals surface area contributed by atoms with Gasteiger partial charge in [-0.2, -0.15) is 0 Å². The average Bonchev–Trinajstić information content (AvgIpc) is 2.78. The molecule has 2 aromatic rings. The molecule has 2 aromatic heterocycles. The van der Waals surface area contributed by atoms with Crippen molar-refractivity contribution in [2.24, 2.45) is 0 Å². The van der Waals surface area contributed by atoms with Crippen LogP contribution in [0.4, 0.5) is 6.01 Å². The predicted octanol–water partition coefficient (Wildman–Crippen LogP) is 2.38. The van der Waals surface area contributed by atoms with E-state index in [1.165, 1.54) is 0 Å². The number of alkyl halides is 1. The first-order valence-corrected chi connectivity index (χ1v) is 5.38. The molecule has 1 N–H and O–H groups in total. The lowest BCUT2D eigenvalue weighted by Gasteiger charge is -2.11. The van der Waals surface area contributed by atoms with Crippen molar-refractivity contribution in [1.82, 2.24) is 15.2 Å². The van der Waals surface area contributed by atoms with Crippen LogP contribution in [0.15, 0.2) is 28.9 Å². The molecule has 2 heterocycles. The maximum absolute atomic E-state index is 5.56. The van der Waals surface area contributed by atoms with Crippen molar-refractivity contribution in [3.05, 3.63) is 36.0 Å². The van der Waals surface area contributed by atoms with Gasteiger partial charge in [-0.05, 0) is 24.6 Å². The van der Waals surface area contributed by atoms with Crippen molar-refractivity contribution in [3.8, 4) is 0 Å². The Balaban J connectivity index is 2.05. The molecule has 0 amide bonds. The molecule has 1 atom stereocenters. The van der Waals surface area contributed by atoms with E-state index in [2.05, 4.69) is 20.5 Å². The first kappa shape index (κ1) is 10.9. The second kappa shape index (κ2) is 4.94. The number of nitrogens with one attached hydrogen (secondary N) is 1. The fraction of sp³-hybridized carbons (Fsp3) is 0.300. The van der Waals surface area contributed by atoms with Crippen LogP contribution in [-0.2, 0) is 5.88 Å². The molecule has 0 saturated carbocycles. The highest BCUT2D eigenvalue weighted by atomic mass is 35.5. The Labute approximate surface area is 97.9 Å². The summed E-state index contributed by atoms with van der Waals surface area (Å²) in [4.78, 5) is 3.96. The van der Waals surface area contributed by atoms with Crippen molar-refractivity contribution < 1.29 is 4.42 Å². The zero-order valence-electron chi connectivity index (χ0n) is 8.72. The molecule has 6 heteroatoms. The van der Waals surface area contributed by atoms with Gasteiger partial charge in [0.1, 0.15) is 5.88 Å². The highest BCUT2D eigenvalue weighted by molar-refractivity contribution is 6.16. The monoisotopic (exact) mass is 238 g/mol. The summed E-state index contributed by atoms with van der Waals surface area (Å²) in [6, 6.07) is 4.30. The van der Waals surface area contributed by atoms with Gasteiger partial charge in [0, 0.05) is 12.4 Å². The molecule has 0 aromatic carbocycles. The number of pyridine rings is 1. The van der Waals surface area contributed by atoms with E-state index in [-0.39, 0.29) is 11.9 Å². The second-order valence-electron chi connectivity index (χ2n) is 3.28. The van der Waals surface area contributed by atoms with Gasteiger partial charge in [0.05, 0.1) is 6.04 Å². The van der Waals surface area contributed by atoms with Crippen LogP contribution in [0.25, 0.3) is 0 Å². The van der Waals surface area contributed by atoms with E-state index in [1.54, 1.807) is 12.4 Å². The molecule has 84 valence electrons. The highest BCUT2D eigenvalue weighted by Crippen LogP contribution is 2.17. The van der Waals surface area contributed by atoms with Crippen molar-refractivity contribution in [1.29, 1.82) is 0 Å². The first-order valence-electron chi connectivity index (χ1n) is 4.84. The van der Waals surface area contributed by atoms with Crippen LogP contribution in [0.5, 0.6) is 0 Å². The van der Waals surface area contributed by atoms with Crippen LogP contribution in [0.2, 0.25) is 0 Å². The van der Waals surface area contributed by atoms with Gasteiger partial charge in [-0.3, -0.25) is 4.98 Å². The number of hydrogen-bond acceptors (Lipinski definition) is 5. The molecule has 2 rings (SSSR count). The quantitative estimate of drug-likeness (QED) is 0.829. The van der Waals surface area contributed by atoms with E-state index in [4.69, 9.17) is 16.0 Å². The minimum absolute atomic E-state index is 0.0756. The van der Waals surface area contributed by atoms with Gasteiger partial charge in [0.15, 0.2) is 0 Å². The summed E-state index contributed by atoms with van der Waals surface area (Å²) in [7, 11) is 0. The van der Waals surface area contributed by atoms with Crippen LogP contribution in [0.1, 0.15) is 24.4 Å². The molecule has 0 radical (unpaired) electrons. The van der Waals surface area contributed by atoms with Gasteiger partial charge in [-0.15, -0.1) is 16.7 Å².